The summed E-state index contributed by atoms with van der Waals surface area (Å²) in [6, 6.07) is 0.599. The van der Waals surface area contributed by atoms with Crippen LogP contribution in [0.5, 0.6) is 0 Å². The lowest BCUT2D eigenvalue weighted by Crippen LogP contribution is -2.37. The van der Waals surface area contributed by atoms with Gasteiger partial charge in [0, 0.05) is 12.6 Å². The predicted molar refractivity (Wildman–Crippen MR) is 67.1 cm³/mol. The fraction of sp³-hybridized carbons (Fsp3) is 0.846. The zero-order valence-corrected chi connectivity index (χ0v) is 10.3. The van der Waals surface area contributed by atoms with Gasteiger partial charge in [-0.15, -0.1) is 0 Å². The Morgan fingerprint density at radius 3 is 2.93 bits per heavy atom. The first-order valence-corrected chi connectivity index (χ1v) is 6.43. The van der Waals surface area contributed by atoms with E-state index in [-0.39, 0.29) is 0 Å². The van der Waals surface area contributed by atoms with Gasteiger partial charge < -0.3 is 10.6 Å². The SMILES string of the molecule is CCCNCC(C)NCCC1C=CCC1. The van der Waals surface area contributed by atoms with Crippen molar-refractivity contribution in [1.29, 1.82) is 0 Å². The minimum absolute atomic E-state index is 0.599. The van der Waals surface area contributed by atoms with Crippen molar-refractivity contribution in [2.75, 3.05) is 19.6 Å². The van der Waals surface area contributed by atoms with Crippen LogP contribution in [0.4, 0.5) is 0 Å². The summed E-state index contributed by atoms with van der Waals surface area (Å²) in [5.41, 5.74) is 0. The van der Waals surface area contributed by atoms with E-state index in [0.717, 1.165) is 25.6 Å². The number of allylic oxidation sites excluding steroid dienone is 2. The highest BCUT2D eigenvalue weighted by Crippen LogP contribution is 2.19. The summed E-state index contributed by atoms with van der Waals surface area (Å²) in [6.07, 6.45) is 9.87. The molecule has 1 aliphatic rings. The Balaban J connectivity index is 1.91. The molecule has 0 saturated carbocycles. The van der Waals surface area contributed by atoms with Crippen LogP contribution in [0.2, 0.25) is 0 Å². The Hall–Kier alpha value is -0.340. The molecule has 0 bridgehead atoms. The second-order valence-corrected chi connectivity index (χ2v) is 4.61. The molecule has 0 aromatic rings. The Bertz CT molecular complexity index is 177. The zero-order chi connectivity index (χ0) is 10.9. The van der Waals surface area contributed by atoms with Gasteiger partial charge in [-0.1, -0.05) is 19.1 Å². The van der Waals surface area contributed by atoms with E-state index < -0.39 is 0 Å². The molecule has 0 aromatic carbocycles. The molecule has 0 heterocycles. The lowest BCUT2D eigenvalue weighted by molar-refractivity contribution is 0.465. The lowest BCUT2D eigenvalue weighted by Gasteiger charge is -2.15. The van der Waals surface area contributed by atoms with E-state index in [4.69, 9.17) is 0 Å². The number of rotatable bonds is 8. The first kappa shape index (κ1) is 12.7. The topological polar surface area (TPSA) is 24.1 Å². The standard InChI is InChI=1S/C13H26N2/c1-3-9-14-11-12(2)15-10-8-13-6-4-5-7-13/h4,6,12-15H,3,5,7-11H2,1-2H3. The van der Waals surface area contributed by atoms with Crippen molar-refractivity contribution in [3.63, 3.8) is 0 Å². The van der Waals surface area contributed by atoms with Crippen LogP contribution in [-0.2, 0) is 0 Å². The highest BCUT2D eigenvalue weighted by molar-refractivity contribution is 4.96. The molecule has 2 N–H and O–H groups in total. The maximum atomic E-state index is 3.57. The highest BCUT2D eigenvalue weighted by atomic mass is 15.0. The Morgan fingerprint density at radius 1 is 1.40 bits per heavy atom. The molecule has 88 valence electrons. The number of hydrogen-bond acceptors (Lipinski definition) is 2. The first-order chi connectivity index (χ1) is 7.33. The van der Waals surface area contributed by atoms with Crippen LogP contribution in [0.3, 0.4) is 0 Å². The minimum atomic E-state index is 0.599. The van der Waals surface area contributed by atoms with Gasteiger partial charge in [-0.05, 0) is 51.6 Å². The van der Waals surface area contributed by atoms with Crippen molar-refractivity contribution >= 4 is 0 Å². The maximum absolute atomic E-state index is 3.57. The molecule has 1 aliphatic carbocycles. The Labute approximate surface area is 94.5 Å². The van der Waals surface area contributed by atoms with Gasteiger partial charge >= 0.3 is 0 Å². The fourth-order valence-corrected chi connectivity index (χ4v) is 2.02. The van der Waals surface area contributed by atoms with Crippen molar-refractivity contribution < 1.29 is 0 Å². The van der Waals surface area contributed by atoms with E-state index in [1.807, 2.05) is 0 Å². The fourth-order valence-electron chi connectivity index (χ4n) is 2.02. The molecular weight excluding hydrogens is 184 g/mol. The molecule has 2 heteroatoms. The van der Waals surface area contributed by atoms with E-state index in [1.54, 1.807) is 0 Å². The number of hydrogen-bond donors (Lipinski definition) is 2. The molecular formula is C13H26N2. The normalized spacial score (nSPS) is 22.1. The van der Waals surface area contributed by atoms with Crippen LogP contribution in [-0.4, -0.2) is 25.7 Å². The van der Waals surface area contributed by atoms with E-state index in [0.29, 0.717) is 6.04 Å². The molecule has 2 nitrogen and oxygen atoms in total. The van der Waals surface area contributed by atoms with Crippen LogP contribution in [0.15, 0.2) is 12.2 Å². The Kier molecular flexibility index (Phi) is 6.69. The zero-order valence-electron chi connectivity index (χ0n) is 10.3. The predicted octanol–water partition coefficient (Wildman–Crippen LogP) is 2.32. The van der Waals surface area contributed by atoms with Crippen LogP contribution < -0.4 is 10.6 Å². The molecule has 0 radical (unpaired) electrons. The van der Waals surface area contributed by atoms with E-state index in [1.165, 1.54) is 25.7 Å². The van der Waals surface area contributed by atoms with Crippen LogP contribution in [0, 0.1) is 5.92 Å². The number of nitrogens with one attached hydrogen (secondary N) is 2. The summed E-state index contributed by atoms with van der Waals surface area (Å²) in [7, 11) is 0. The molecule has 0 saturated heterocycles. The van der Waals surface area contributed by atoms with Crippen LogP contribution >= 0.6 is 0 Å². The molecule has 0 fully saturated rings. The van der Waals surface area contributed by atoms with Gasteiger partial charge in [0.05, 0.1) is 0 Å². The third-order valence-electron chi connectivity index (χ3n) is 3.00. The van der Waals surface area contributed by atoms with Gasteiger partial charge in [0.1, 0.15) is 0 Å². The molecule has 2 atom stereocenters. The second kappa shape index (κ2) is 7.89. The first-order valence-electron chi connectivity index (χ1n) is 6.43. The smallest absolute Gasteiger partial charge is 0.0164 e. The van der Waals surface area contributed by atoms with Gasteiger partial charge in [-0.2, -0.15) is 0 Å². The summed E-state index contributed by atoms with van der Waals surface area (Å²) in [5.74, 6) is 0.841. The van der Waals surface area contributed by atoms with Crippen molar-refractivity contribution in [3.05, 3.63) is 12.2 Å². The second-order valence-electron chi connectivity index (χ2n) is 4.61. The van der Waals surface area contributed by atoms with Crippen LogP contribution in [0.1, 0.15) is 39.5 Å². The third kappa shape index (κ3) is 5.95. The molecule has 0 aromatic heterocycles. The summed E-state index contributed by atoms with van der Waals surface area (Å²) >= 11 is 0. The molecule has 15 heavy (non-hydrogen) atoms. The average Bonchev–Trinajstić information content (AvgIpc) is 2.71. The van der Waals surface area contributed by atoms with Crippen molar-refractivity contribution in [3.8, 4) is 0 Å². The molecule has 1 rings (SSSR count). The lowest BCUT2D eigenvalue weighted by atomic mass is 10.1. The molecule has 2 unspecified atom stereocenters. The van der Waals surface area contributed by atoms with Crippen molar-refractivity contribution in [1.82, 2.24) is 10.6 Å². The van der Waals surface area contributed by atoms with Crippen LogP contribution in [0.25, 0.3) is 0 Å². The Morgan fingerprint density at radius 2 is 2.27 bits per heavy atom. The monoisotopic (exact) mass is 210 g/mol. The largest absolute Gasteiger partial charge is 0.315 e. The quantitative estimate of drug-likeness (QED) is 0.474. The molecule has 0 aliphatic heterocycles. The van der Waals surface area contributed by atoms with Crippen molar-refractivity contribution in [2.45, 2.75) is 45.6 Å². The molecule has 0 spiro atoms. The van der Waals surface area contributed by atoms with Gasteiger partial charge in [0.2, 0.25) is 0 Å². The van der Waals surface area contributed by atoms with Gasteiger partial charge in [0.15, 0.2) is 0 Å². The highest BCUT2D eigenvalue weighted by Gasteiger charge is 2.08. The third-order valence-corrected chi connectivity index (χ3v) is 3.00. The summed E-state index contributed by atoms with van der Waals surface area (Å²) < 4.78 is 0. The summed E-state index contributed by atoms with van der Waals surface area (Å²) in [5, 5.41) is 7.01. The molecule has 0 amide bonds. The van der Waals surface area contributed by atoms with Gasteiger partial charge in [-0.25, -0.2) is 0 Å². The van der Waals surface area contributed by atoms with Crippen molar-refractivity contribution in [2.24, 2.45) is 5.92 Å². The van der Waals surface area contributed by atoms with Gasteiger partial charge in [0.25, 0.3) is 0 Å². The van der Waals surface area contributed by atoms with Gasteiger partial charge in [-0.3, -0.25) is 0 Å². The minimum Gasteiger partial charge on any atom is -0.315 e. The van der Waals surface area contributed by atoms with E-state index in [9.17, 15) is 0 Å². The van der Waals surface area contributed by atoms with E-state index in [2.05, 4.69) is 36.6 Å². The van der Waals surface area contributed by atoms with E-state index >= 15 is 0 Å². The maximum Gasteiger partial charge on any atom is 0.0164 e. The summed E-state index contributed by atoms with van der Waals surface area (Å²) in [6.45, 7) is 7.85. The average molecular weight is 210 g/mol. The summed E-state index contributed by atoms with van der Waals surface area (Å²) in [4.78, 5) is 0.